The highest BCUT2D eigenvalue weighted by Gasteiger charge is 2.23. The van der Waals surface area contributed by atoms with Crippen molar-refractivity contribution in [3.05, 3.63) is 18.0 Å². The molecule has 0 aromatic carbocycles. The van der Waals surface area contributed by atoms with Gasteiger partial charge in [-0.15, -0.1) is 0 Å². The first-order chi connectivity index (χ1) is 8.16. The summed E-state index contributed by atoms with van der Waals surface area (Å²) in [5.74, 6) is -0.0754. The van der Waals surface area contributed by atoms with Crippen LogP contribution < -0.4 is 10.6 Å². The summed E-state index contributed by atoms with van der Waals surface area (Å²) >= 11 is 0. The van der Waals surface area contributed by atoms with Crippen molar-refractivity contribution in [2.75, 3.05) is 19.7 Å². The fourth-order valence-corrected chi connectivity index (χ4v) is 1.79. The molecule has 17 heavy (non-hydrogen) atoms. The SMILES string of the molecule is CC(NC(=O)C1CNCCO1)c1cnn(C)c1. The minimum Gasteiger partial charge on any atom is -0.366 e. The van der Waals surface area contributed by atoms with Gasteiger partial charge in [-0.3, -0.25) is 9.48 Å². The van der Waals surface area contributed by atoms with Crippen LogP contribution in [0.25, 0.3) is 0 Å². The van der Waals surface area contributed by atoms with Gasteiger partial charge in [-0.25, -0.2) is 0 Å². The third-order valence-corrected chi connectivity index (χ3v) is 2.80. The van der Waals surface area contributed by atoms with Crippen molar-refractivity contribution in [3.63, 3.8) is 0 Å². The standard InChI is InChI=1S/C11H18N4O2/c1-8(9-5-13-15(2)7-9)14-11(16)10-6-12-3-4-17-10/h5,7-8,10,12H,3-4,6H2,1-2H3,(H,14,16). The van der Waals surface area contributed by atoms with Crippen LogP contribution in [0.2, 0.25) is 0 Å². The van der Waals surface area contributed by atoms with Gasteiger partial charge in [-0.2, -0.15) is 5.10 Å². The van der Waals surface area contributed by atoms with E-state index in [0.29, 0.717) is 13.2 Å². The summed E-state index contributed by atoms with van der Waals surface area (Å²) in [6.07, 6.45) is 3.26. The Balaban J connectivity index is 1.89. The normalized spacial score (nSPS) is 22.1. The van der Waals surface area contributed by atoms with Gasteiger partial charge in [0.05, 0.1) is 18.8 Å². The fraction of sp³-hybridized carbons (Fsp3) is 0.636. The van der Waals surface area contributed by atoms with E-state index in [2.05, 4.69) is 15.7 Å². The van der Waals surface area contributed by atoms with E-state index in [1.54, 1.807) is 10.9 Å². The van der Waals surface area contributed by atoms with Gasteiger partial charge in [-0.05, 0) is 6.92 Å². The van der Waals surface area contributed by atoms with Crippen molar-refractivity contribution in [1.82, 2.24) is 20.4 Å². The summed E-state index contributed by atoms with van der Waals surface area (Å²) in [6, 6.07) is -0.0540. The van der Waals surface area contributed by atoms with Crippen LogP contribution in [-0.4, -0.2) is 41.5 Å². The van der Waals surface area contributed by atoms with Gasteiger partial charge in [0.25, 0.3) is 5.91 Å². The number of nitrogens with zero attached hydrogens (tertiary/aromatic N) is 2. The summed E-state index contributed by atoms with van der Waals surface area (Å²) in [5.41, 5.74) is 0.990. The second kappa shape index (κ2) is 5.29. The van der Waals surface area contributed by atoms with Crippen LogP contribution in [0.1, 0.15) is 18.5 Å². The topological polar surface area (TPSA) is 68.2 Å². The summed E-state index contributed by atoms with van der Waals surface area (Å²) < 4.78 is 7.11. The molecule has 6 nitrogen and oxygen atoms in total. The molecule has 6 heteroatoms. The third-order valence-electron chi connectivity index (χ3n) is 2.80. The Morgan fingerprint density at radius 1 is 1.76 bits per heavy atom. The maximum atomic E-state index is 11.9. The van der Waals surface area contributed by atoms with Gasteiger partial charge in [0, 0.05) is 31.9 Å². The average molecular weight is 238 g/mol. The summed E-state index contributed by atoms with van der Waals surface area (Å²) in [7, 11) is 1.85. The number of hydrogen-bond donors (Lipinski definition) is 2. The Hall–Kier alpha value is -1.40. The molecule has 94 valence electrons. The van der Waals surface area contributed by atoms with Crippen molar-refractivity contribution >= 4 is 5.91 Å². The van der Waals surface area contributed by atoms with Crippen LogP contribution in [0.15, 0.2) is 12.4 Å². The molecule has 0 spiro atoms. The van der Waals surface area contributed by atoms with Crippen LogP contribution in [0, 0.1) is 0 Å². The maximum absolute atomic E-state index is 11.9. The number of morpholine rings is 1. The molecule has 2 heterocycles. The van der Waals surface area contributed by atoms with Crippen LogP contribution >= 0.6 is 0 Å². The number of aromatic nitrogens is 2. The predicted molar refractivity (Wildman–Crippen MR) is 62.4 cm³/mol. The second-order valence-corrected chi connectivity index (χ2v) is 4.24. The summed E-state index contributed by atoms with van der Waals surface area (Å²) in [4.78, 5) is 11.9. The van der Waals surface area contributed by atoms with E-state index >= 15 is 0 Å². The first-order valence-corrected chi connectivity index (χ1v) is 5.78. The molecular weight excluding hydrogens is 220 g/mol. The van der Waals surface area contributed by atoms with E-state index in [0.717, 1.165) is 12.1 Å². The molecule has 0 bridgehead atoms. The largest absolute Gasteiger partial charge is 0.366 e. The van der Waals surface area contributed by atoms with Gasteiger partial charge < -0.3 is 15.4 Å². The molecule has 2 unspecified atom stereocenters. The molecule has 1 amide bonds. The Bertz CT molecular complexity index is 385. The summed E-state index contributed by atoms with van der Waals surface area (Å²) in [5, 5.41) is 10.1. The monoisotopic (exact) mass is 238 g/mol. The summed E-state index contributed by atoms with van der Waals surface area (Å²) in [6.45, 7) is 3.90. The highest BCUT2D eigenvalue weighted by molar-refractivity contribution is 5.81. The van der Waals surface area contributed by atoms with Gasteiger partial charge in [0.1, 0.15) is 6.10 Å². The number of carbonyl (C=O) groups excluding carboxylic acids is 1. The van der Waals surface area contributed by atoms with Crippen LogP contribution in [-0.2, 0) is 16.6 Å². The number of nitrogens with one attached hydrogen (secondary N) is 2. The molecule has 1 aromatic rings. The number of ether oxygens (including phenoxy) is 1. The van der Waals surface area contributed by atoms with Crippen molar-refractivity contribution in [2.24, 2.45) is 7.05 Å². The molecule has 2 N–H and O–H groups in total. The minimum absolute atomic E-state index is 0.0540. The number of carbonyl (C=O) groups is 1. The Morgan fingerprint density at radius 3 is 3.18 bits per heavy atom. The molecular formula is C11H18N4O2. The van der Waals surface area contributed by atoms with E-state index in [-0.39, 0.29) is 18.1 Å². The number of aryl methyl sites for hydroxylation is 1. The highest BCUT2D eigenvalue weighted by atomic mass is 16.5. The predicted octanol–water partition coefficient (Wildman–Crippen LogP) is -0.414. The van der Waals surface area contributed by atoms with Gasteiger partial charge >= 0.3 is 0 Å². The van der Waals surface area contributed by atoms with Crippen molar-refractivity contribution in [3.8, 4) is 0 Å². The zero-order chi connectivity index (χ0) is 12.3. The number of rotatable bonds is 3. The molecule has 0 radical (unpaired) electrons. The molecule has 1 aliphatic heterocycles. The lowest BCUT2D eigenvalue weighted by molar-refractivity contribution is -0.134. The Kier molecular flexibility index (Phi) is 3.75. The fourth-order valence-electron chi connectivity index (χ4n) is 1.79. The number of hydrogen-bond acceptors (Lipinski definition) is 4. The molecule has 1 aliphatic rings. The maximum Gasteiger partial charge on any atom is 0.250 e. The van der Waals surface area contributed by atoms with Crippen molar-refractivity contribution in [1.29, 1.82) is 0 Å². The molecule has 1 aromatic heterocycles. The lowest BCUT2D eigenvalue weighted by Gasteiger charge is -2.24. The zero-order valence-electron chi connectivity index (χ0n) is 10.1. The van der Waals surface area contributed by atoms with Crippen LogP contribution in [0.3, 0.4) is 0 Å². The molecule has 1 saturated heterocycles. The van der Waals surface area contributed by atoms with Gasteiger partial charge in [0.2, 0.25) is 0 Å². The van der Waals surface area contributed by atoms with E-state index in [1.165, 1.54) is 0 Å². The smallest absolute Gasteiger partial charge is 0.250 e. The molecule has 0 saturated carbocycles. The molecule has 1 fully saturated rings. The second-order valence-electron chi connectivity index (χ2n) is 4.24. The number of amides is 1. The highest BCUT2D eigenvalue weighted by Crippen LogP contribution is 2.11. The molecule has 0 aliphatic carbocycles. The van der Waals surface area contributed by atoms with Gasteiger partial charge in [-0.1, -0.05) is 0 Å². The Morgan fingerprint density at radius 2 is 2.59 bits per heavy atom. The van der Waals surface area contributed by atoms with Crippen molar-refractivity contribution < 1.29 is 9.53 Å². The zero-order valence-corrected chi connectivity index (χ0v) is 10.1. The van der Waals surface area contributed by atoms with Crippen molar-refractivity contribution in [2.45, 2.75) is 19.1 Å². The van der Waals surface area contributed by atoms with E-state index in [4.69, 9.17) is 4.74 Å². The molecule has 2 atom stereocenters. The first-order valence-electron chi connectivity index (χ1n) is 5.78. The lowest BCUT2D eigenvalue weighted by atomic mass is 10.2. The lowest BCUT2D eigenvalue weighted by Crippen LogP contribution is -2.48. The quantitative estimate of drug-likeness (QED) is 0.751. The van der Waals surface area contributed by atoms with E-state index < -0.39 is 0 Å². The average Bonchev–Trinajstić information content (AvgIpc) is 2.77. The van der Waals surface area contributed by atoms with E-state index in [9.17, 15) is 4.79 Å². The van der Waals surface area contributed by atoms with E-state index in [1.807, 2.05) is 20.2 Å². The van der Waals surface area contributed by atoms with Crippen LogP contribution in [0.5, 0.6) is 0 Å². The van der Waals surface area contributed by atoms with Gasteiger partial charge in [0.15, 0.2) is 0 Å². The minimum atomic E-state index is -0.386. The van der Waals surface area contributed by atoms with Crippen LogP contribution in [0.4, 0.5) is 0 Å². The molecule has 2 rings (SSSR count). The first kappa shape index (κ1) is 12.1. The Labute approximate surface area is 100 Å². The third kappa shape index (κ3) is 3.04.